The van der Waals surface area contributed by atoms with Gasteiger partial charge in [-0.3, -0.25) is 0 Å². The molecule has 70 valence electrons. The summed E-state index contributed by atoms with van der Waals surface area (Å²) in [6, 6.07) is 6.12. The maximum Gasteiger partial charge on any atom is 0.0367 e. The highest BCUT2D eigenvalue weighted by Crippen LogP contribution is 2.38. The van der Waals surface area contributed by atoms with E-state index in [2.05, 4.69) is 25.2 Å². The fourth-order valence-electron chi connectivity index (χ4n) is 1.55. The molecule has 0 atom stereocenters. The van der Waals surface area contributed by atoms with E-state index in [1.807, 2.05) is 12.1 Å². The van der Waals surface area contributed by atoms with Gasteiger partial charge in [0.25, 0.3) is 0 Å². The van der Waals surface area contributed by atoms with E-state index in [9.17, 15) is 0 Å². The fraction of sp³-hybridized carbons (Fsp3) is 0.455. The van der Waals surface area contributed by atoms with Gasteiger partial charge >= 0.3 is 0 Å². The van der Waals surface area contributed by atoms with Crippen molar-refractivity contribution in [3.05, 3.63) is 23.8 Å². The van der Waals surface area contributed by atoms with Crippen molar-refractivity contribution >= 4 is 11.4 Å². The molecule has 0 saturated heterocycles. The molecule has 1 fully saturated rings. The molecular formula is C11H16N2. The van der Waals surface area contributed by atoms with E-state index in [0.29, 0.717) is 5.54 Å². The average Bonchev–Trinajstić information content (AvgIpc) is 2.64. The third-order valence-corrected chi connectivity index (χ3v) is 2.55. The summed E-state index contributed by atoms with van der Waals surface area (Å²) in [7, 11) is 0. The highest BCUT2D eigenvalue weighted by molar-refractivity contribution is 5.58. The number of hydrogen-bond acceptors (Lipinski definition) is 2. The van der Waals surface area contributed by atoms with Crippen LogP contribution in [0.25, 0.3) is 0 Å². The molecule has 2 nitrogen and oxygen atoms in total. The molecule has 1 aromatic carbocycles. The molecule has 0 radical (unpaired) electrons. The number of nitrogens with one attached hydrogen (secondary N) is 1. The lowest BCUT2D eigenvalue weighted by molar-refractivity contribution is 0.829. The van der Waals surface area contributed by atoms with Crippen LogP contribution in [0.5, 0.6) is 0 Å². The lowest BCUT2D eigenvalue weighted by atomic mass is 10.2. The minimum atomic E-state index is 0.334. The normalized spacial score (nSPS) is 18.3. The van der Waals surface area contributed by atoms with Crippen molar-refractivity contribution in [1.29, 1.82) is 0 Å². The van der Waals surface area contributed by atoms with E-state index in [1.165, 1.54) is 18.4 Å². The Bertz CT molecular complexity index is 307. The van der Waals surface area contributed by atoms with E-state index < -0.39 is 0 Å². The maximum absolute atomic E-state index is 5.76. The number of benzene rings is 1. The molecule has 3 N–H and O–H groups in total. The summed E-state index contributed by atoms with van der Waals surface area (Å²) in [5, 5.41) is 3.49. The minimum absolute atomic E-state index is 0.334. The minimum Gasteiger partial charge on any atom is -0.399 e. The molecule has 2 rings (SSSR count). The Morgan fingerprint density at radius 2 is 2.00 bits per heavy atom. The van der Waals surface area contributed by atoms with Crippen LogP contribution in [0.2, 0.25) is 0 Å². The first-order valence-corrected chi connectivity index (χ1v) is 4.73. The van der Waals surface area contributed by atoms with Crippen LogP contribution in [0.15, 0.2) is 18.2 Å². The monoisotopic (exact) mass is 176 g/mol. The summed E-state index contributed by atoms with van der Waals surface area (Å²) in [6.45, 7) is 4.31. The first-order valence-electron chi connectivity index (χ1n) is 4.73. The molecule has 1 aliphatic rings. The Morgan fingerprint density at radius 3 is 2.54 bits per heavy atom. The summed E-state index contributed by atoms with van der Waals surface area (Å²) >= 11 is 0. The smallest absolute Gasteiger partial charge is 0.0367 e. The molecule has 0 unspecified atom stereocenters. The summed E-state index contributed by atoms with van der Waals surface area (Å²) in [5.74, 6) is 0. The Hall–Kier alpha value is -1.18. The second-order valence-corrected chi connectivity index (χ2v) is 4.32. The van der Waals surface area contributed by atoms with E-state index in [0.717, 1.165) is 11.4 Å². The molecule has 0 heterocycles. The first kappa shape index (κ1) is 8.42. The lowest BCUT2D eigenvalue weighted by Crippen LogP contribution is -2.15. The van der Waals surface area contributed by atoms with Crippen LogP contribution in [0.1, 0.15) is 25.3 Å². The fourth-order valence-corrected chi connectivity index (χ4v) is 1.55. The van der Waals surface area contributed by atoms with E-state index in [-0.39, 0.29) is 0 Å². The zero-order chi connectivity index (χ0) is 9.47. The molecule has 1 aromatic rings. The van der Waals surface area contributed by atoms with Crippen molar-refractivity contribution in [2.45, 2.75) is 32.2 Å². The second-order valence-electron chi connectivity index (χ2n) is 4.32. The predicted octanol–water partition coefficient (Wildman–Crippen LogP) is 2.54. The van der Waals surface area contributed by atoms with Crippen molar-refractivity contribution in [2.24, 2.45) is 0 Å². The molecule has 1 saturated carbocycles. The molecule has 1 aliphatic carbocycles. The topological polar surface area (TPSA) is 38.0 Å². The van der Waals surface area contributed by atoms with Gasteiger partial charge < -0.3 is 11.1 Å². The number of nitrogen functional groups attached to an aromatic ring is 1. The van der Waals surface area contributed by atoms with Crippen LogP contribution in [-0.4, -0.2) is 5.54 Å². The van der Waals surface area contributed by atoms with Crippen LogP contribution < -0.4 is 11.1 Å². The van der Waals surface area contributed by atoms with Gasteiger partial charge in [-0.15, -0.1) is 0 Å². The van der Waals surface area contributed by atoms with Crippen molar-refractivity contribution < 1.29 is 0 Å². The third-order valence-electron chi connectivity index (χ3n) is 2.55. The maximum atomic E-state index is 5.76. The number of rotatable bonds is 2. The number of nitrogens with two attached hydrogens (primary N) is 1. The highest BCUT2D eigenvalue weighted by Gasteiger charge is 2.36. The van der Waals surface area contributed by atoms with Crippen molar-refractivity contribution in [3.63, 3.8) is 0 Å². The van der Waals surface area contributed by atoms with Gasteiger partial charge in [-0.1, -0.05) is 0 Å². The molecular weight excluding hydrogens is 160 g/mol. The Kier molecular flexibility index (Phi) is 1.72. The predicted molar refractivity (Wildman–Crippen MR) is 56.9 cm³/mol. The summed E-state index contributed by atoms with van der Waals surface area (Å²) < 4.78 is 0. The molecule has 0 spiro atoms. The van der Waals surface area contributed by atoms with Gasteiger partial charge in [0, 0.05) is 16.9 Å². The highest BCUT2D eigenvalue weighted by atomic mass is 15.0. The molecule has 0 aromatic heterocycles. The van der Waals surface area contributed by atoms with Gasteiger partial charge in [0.1, 0.15) is 0 Å². The summed E-state index contributed by atoms with van der Waals surface area (Å²) in [5.41, 5.74) is 9.30. The lowest BCUT2D eigenvalue weighted by Gasteiger charge is -2.14. The zero-order valence-corrected chi connectivity index (χ0v) is 8.22. The Balaban J connectivity index is 2.20. The van der Waals surface area contributed by atoms with E-state index in [1.54, 1.807) is 0 Å². The van der Waals surface area contributed by atoms with E-state index in [4.69, 9.17) is 5.73 Å². The second kappa shape index (κ2) is 2.66. The Labute approximate surface area is 79.1 Å². The van der Waals surface area contributed by atoms with Gasteiger partial charge in [0.15, 0.2) is 0 Å². The van der Waals surface area contributed by atoms with Gasteiger partial charge in [-0.2, -0.15) is 0 Å². The molecule has 13 heavy (non-hydrogen) atoms. The third kappa shape index (κ3) is 1.94. The van der Waals surface area contributed by atoms with Crippen LogP contribution in [0.4, 0.5) is 11.4 Å². The standard InChI is InChI=1S/C11H16N2/c1-8-5-9(12)7-10(6-8)13-11(2)3-4-11/h5-7,13H,3-4,12H2,1-2H3. The van der Waals surface area contributed by atoms with Crippen LogP contribution in [0, 0.1) is 6.92 Å². The molecule has 2 heteroatoms. The van der Waals surface area contributed by atoms with Crippen molar-refractivity contribution in [3.8, 4) is 0 Å². The SMILES string of the molecule is Cc1cc(N)cc(NC2(C)CC2)c1. The van der Waals surface area contributed by atoms with Gasteiger partial charge in [-0.05, 0) is 50.5 Å². The summed E-state index contributed by atoms with van der Waals surface area (Å²) in [6.07, 6.45) is 2.53. The van der Waals surface area contributed by atoms with Gasteiger partial charge in [0.05, 0.1) is 0 Å². The average molecular weight is 176 g/mol. The number of anilines is 2. The number of aryl methyl sites for hydroxylation is 1. The van der Waals surface area contributed by atoms with Gasteiger partial charge in [-0.25, -0.2) is 0 Å². The van der Waals surface area contributed by atoms with Crippen LogP contribution in [-0.2, 0) is 0 Å². The summed E-state index contributed by atoms with van der Waals surface area (Å²) in [4.78, 5) is 0. The molecule has 0 aliphatic heterocycles. The quantitative estimate of drug-likeness (QED) is 0.679. The molecule has 0 bridgehead atoms. The van der Waals surface area contributed by atoms with Crippen LogP contribution >= 0.6 is 0 Å². The zero-order valence-electron chi connectivity index (χ0n) is 8.22. The molecule has 0 amide bonds. The Morgan fingerprint density at radius 1 is 1.31 bits per heavy atom. The van der Waals surface area contributed by atoms with Crippen LogP contribution in [0.3, 0.4) is 0 Å². The van der Waals surface area contributed by atoms with Gasteiger partial charge in [0.2, 0.25) is 0 Å². The largest absolute Gasteiger partial charge is 0.399 e. The van der Waals surface area contributed by atoms with Crippen molar-refractivity contribution in [2.75, 3.05) is 11.1 Å². The first-order chi connectivity index (χ1) is 6.07. The van der Waals surface area contributed by atoms with Crippen molar-refractivity contribution in [1.82, 2.24) is 0 Å². The number of hydrogen-bond donors (Lipinski definition) is 2. The van der Waals surface area contributed by atoms with E-state index >= 15 is 0 Å².